The molecule has 2 rings (SSSR count). The van der Waals surface area contributed by atoms with E-state index in [0.717, 1.165) is 5.69 Å². The van der Waals surface area contributed by atoms with Crippen LogP contribution in [0.5, 0.6) is 0 Å². The molecule has 2 N–H and O–H groups in total. The van der Waals surface area contributed by atoms with Crippen LogP contribution >= 0.6 is 0 Å². The number of pyridine rings is 1. The second-order valence-corrected chi connectivity index (χ2v) is 6.70. The molecule has 0 bridgehead atoms. The van der Waals surface area contributed by atoms with Crippen molar-refractivity contribution in [2.24, 2.45) is 0 Å². The van der Waals surface area contributed by atoms with E-state index in [-0.39, 0.29) is 17.3 Å². The summed E-state index contributed by atoms with van der Waals surface area (Å²) < 4.78 is 26.7. The fourth-order valence-corrected chi connectivity index (χ4v) is 3.08. The summed E-state index contributed by atoms with van der Waals surface area (Å²) in [6.07, 6.45) is 2.34. The molecule has 23 heavy (non-hydrogen) atoms. The molecule has 6 nitrogen and oxygen atoms in total. The molecule has 0 atom stereocenters. The Balaban J connectivity index is 2.08. The zero-order valence-electron chi connectivity index (χ0n) is 12.8. The van der Waals surface area contributed by atoms with Gasteiger partial charge in [0.2, 0.25) is 10.0 Å². The lowest BCUT2D eigenvalue weighted by Crippen LogP contribution is -2.26. The fourth-order valence-electron chi connectivity index (χ4n) is 1.90. The van der Waals surface area contributed by atoms with Gasteiger partial charge in [0.25, 0.3) is 5.91 Å². The summed E-state index contributed by atoms with van der Waals surface area (Å²) in [4.78, 5) is 16.4. The lowest BCUT2D eigenvalue weighted by molar-refractivity contribution is 0.0950. The van der Waals surface area contributed by atoms with E-state index in [9.17, 15) is 13.2 Å². The van der Waals surface area contributed by atoms with Crippen molar-refractivity contribution in [1.29, 1.82) is 0 Å². The normalized spacial score (nSPS) is 11.2. The van der Waals surface area contributed by atoms with Crippen molar-refractivity contribution in [3.63, 3.8) is 0 Å². The Hall–Kier alpha value is -2.25. The molecule has 0 fully saturated rings. The summed E-state index contributed by atoms with van der Waals surface area (Å²) in [7, 11) is -3.59. The van der Waals surface area contributed by atoms with Gasteiger partial charge in [-0.25, -0.2) is 13.1 Å². The average Bonchev–Trinajstić information content (AvgIpc) is 2.59. The van der Waals surface area contributed by atoms with Gasteiger partial charge in [0, 0.05) is 18.3 Å². The van der Waals surface area contributed by atoms with Crippen molar-refractivity contribution in [2.75, 3.05) is 6.54 Å². The van der Waals surface area contributed by atoms with E-state index in [1.165, 1.54) is 12.1 Å². The van der Waals surface area contributed by atoms with E-state index in [1.54, 1.807) is 30.5 Å². The molecule has 1 aromatic heterocycles. The summed E-state index contributed by atoms with van der Waals surface area (Å²) in [5.41, 5.74) is 1.02. The number of carbonyl (C=O) groups excluding carboxylic acids is 1. The summed E-state index contributed by atoms with van der Waals surface area (Å²) in [5.74, 6) is -0.344. The van der Waals surface area contributed by atoms with E-state index >= 15 is 0 Å². The van der Waals surface area contributed by atoms with Gasteiger partial charge in [-0.15, -0.1) is 0 Å². The number of carbonyl (C=O) groups is 1. The van der Waals surface area contributed by atoms with Gasteiger partial charge in [-0.1, -0.05) is 19.1 Å². The number of amides is 1. The van der Waals surface area contributed by atoms with Gasteiger partial charge < -0.3 is 5.32 Å². The van der Waals surface area contributed by atoms with Gasteiger partial charge in [0.1, 0.15) is 0 Å². The minimum atomic E-state index is -3.59. The maximum atomic E-state index is 12.2. The van der Waals surface area contributed by atoms with Crippen LogP contribution in [0.25, 0.3) is 0 Å². The molecule has 1 amide bonds. The van der Waals surface area contributed by atoms with E-state index in [0.29, 0.717) is 18.5 Å². The highest BCUT2D eigenvalue weighted by molar-refractivity contribution is 7.89. The Labute approximate surface area is 136 Å². The monoisotopic (exact) mass is 333 g/mol. The second kappa shape index (κ2) is 7.85. The van der Waals surface area contributed by atoms with Gasteiger partial charge >= 0.3 is 0 Å². The minimum Gasteiger partial charge on any atom is -0.346 e. The van der Waals surface area contributed by atoms with Crippen molar-refractivity contribution in [1.82, 2.24) is 15.0 Å². The van der Waals surface area contributed by atoms with Crippen LogP contribution in [0.2, 0.25) is 0 Å². The van der Waals surface area contributed by atoms with Crippen molar-refractivity contribution in [2.45, 2.75) is 24.8 Å². The molecule has 7 heteroatoms. The van der Waals surface area contributed by atoms with E-state index in [4.69, 9.17) is 0 Å². The maximum absolute atomic E-state index is 12.2. The molecule has 0 aliphatic heterocycles. The Bertz CT molecular complexity index is 761. The number of rotatable bonds is 7. The van der Waals surface area contributed by atoms with Crippen LogP contribution in [0.15, 0.2) is 53.6 Å². The predicted octanol–water partition coefficient (Wildman–Crippen LogP) is 1.70. The van der Waals surface area contributed by atoms with Crippen molar-refractivity contribution < 1.29 is 13.2 Å². The molecule has 0 radical (unpaired) electrons. The molecule has 0 unspecified atom stereocenters. The Morgan fingerprint density at radius 3 is 2.70 bits per heavy atom. The van der Waals surface area contributed by atoms with Gasteiger partial charge in [0.05, 0.1) is 17.1 Å². The highest BCUT2D eigenvalue weighted by Gasteiger charge is 2.15. The first kappa shape index (κ1) is 17.1. The van der Waals surface area contributed by atoms with Crippen LogP contribution in [-0.4, -0.2) is 25.9 Å². The first-order valence-electron chi connectivity index (χ1n) is 7.31. The molecule has 1 aromatic carbocycles. The molecule has 0 saturated heterocycles. The van der Waals surface area contributed by atoms with Gasteiger partial charge in [-0.3, -0.25) is 9.78 Å². The van der Waals surface area contributed by atoms with Crippen LogP contribution in [0, 0.1) is 0 Å². The second-order valence-electron chi connectivity index (χ2n) is 4.93. The lowest BCUT2D eigenvalue weighted by Gasteiger charge is -2.08. The summed E-state index contributed by atoms with van der Waals surface area (Å²) >= 11 is 0. The highest BCUT2D eigenvalue weighted by atomic mass is 32.2. The molecular weight excluding hydrogens is 314 g/mol. The maximum Gasteiger partial charge on any atom is 0.251 e. The third-order valence-corrected chi connectivity index (χ3v) is 4.56. The summed E-state index contributed by atoms with van der Waals surface area (Å²) in [6.45, 7) is 2.52. The van der Waals surface area contributed by atoms with E-state index in [1.807, 2.05) is 13.0 Å². The van der Waals surface area contributed by atoms with E-state index < -0.39 is 10.0 Å². The molecule has 122 valence electrons. The summed E-state index contributed by atoms with van der Waals surface area (Å²) in [6, 6.07) is 11.4. The van der Waals surface area contributed by atoms with Crippen molar-refractivity contribution in [3.05, 3.63) is 59.9 Å². The third-order valence-electron chi connectivity index (χ3n) is 3.10. The third kappa shape index (κ3) is 4.87. The number of sulfonamides is 1. The highest BCUT2D eigenvalue weighted by Crippen LogP contribution is 2.11. The van der Waals surface area contributed by atoms with Crippen LogP contribution in [0.4, 0.5) is 0 Å². The summed E-state index contributed by atoms with van der Waals surface area (Å²) in [5, 5.41) is 2.72. The van der Waals surface area contributed by atoms with Gasteiger partial charge in [-0.05, 0) is 36.8 Å². The SMILES string of the molecule is CCCNS(=O)(=O)c1cccc(C(=O)NCc2ccccn2)c1. The lowest BCUT2D eigenvalue weighted by atomic mass is 10.2. The van der Waals surface area contributed by atoms with Crippen LogP contribution in [-0.2, 0) is 16.6 Å². The van der Waals surface area contributed by atoms with Gasteiger partial charge in [0.15, 0.2) is 0 Å². The number of nitrogens with one attached hydrogen (secondary N) is 2. The molecule has 1 heterocycles. The fraction of sp³-hybridized carbons (Fsp3) is 0.250. The number of aromatic nitrogens is 1. The topological polar surface area (TPSA) is 88.2 Å². The Morgan fingerprint density at radius 2 is 2.00 bits per heavy atom. The minimum absolute atomic E-state index is 0.0800. The number of benzene rings is 1. The number of hydrogen-bond donors (Lipinski definition) is 2. The number of hydrogen-bond acceptors (Lipinski definition) is 4. The zero-order valence-corrected chi connectivity index (χ0v) is 13.6. The van der Waals surface area contributed by atoms with Crippen LogP contribution in [0.3, 0.4) is 0 Å². The molecule has 0 spiro atoms. The first-order valence-corrected chi connectivity index (χ1v) is 8.79. The first-order chi connectivity index (χ1) is 11.0. The Kier molecular flexibility index (Phi) is 5.84. The largest absolute Gasteiger partial charge is 0.346 e. The quantitative estimate of drug-likeness (QED) is 0.807. The van der Waals surface area contributed by atoms with E-state index in [2.05, 4.69) is 15.0 Å². The standard InChI is InChI=1S/C16H19N3O3S/c1-2-9-19-23(21,22)15-8-5-6-13(11-15)16(20)18-12-14-7-3-4-10-17-14/h3-8,10-11,19H,2,9,12H2,1H3,(H,18,20). The molecule has 0 aliphatic carbocycles. The van der Waals surface area contributed by atoms with Crippen LogP contribution < -0.4 is 10.0 Å². The molecule has 0 aliphatic rings. The predicted molar refractivity (Wildman–Crippen MR) is 87.3 cm³/mol. The molecular formula is C16H19N3O3S. The zero-order chi connectivity index (χ0) is 16.7. The Morgan fingerprint density at radius 1 is 1.17 bits per heavy atom. The number of nitrogens with zero attached hydrogens (tertiary/aromatic N) is 1. The smallest absolute Gasteiger partial charge is 0.251 e. The van der Waals surface area contributed by atoms with Crippen LogP contribution in [0.1, 0.15) is 29.4 Å². The van der Waals surface area contributed by atoms with Gasteiger partial charge in [-0.2, -0.15) is 0 Å². The molecule has 0 saturated carbocycles. The van der Waals surface area contributed by atoms with Crippen molar-refractivity contribution in [3.8, 4) is 0 Å². The molecule has 2 aromatic rings. The van der Waals surface area contributed by atoms with Crippen molar-refractivity contribution >= 4 is 15.9 Å². The average molecular weight is 333 g/mol.